The molecule has 0 spiro atoms. The fourth-order valence-electron chi connectivity index (χ4n) is 4.35. The van der Waals surface area contributed by atoms with Gasteiger partial charge in [0.1, 0.15) is 0 Å². The summed E-state index contributed by atoms with van der Waals surface area (Å²) in [6.45, 7) is 2.42. The van der Waals surface area contributed by atoms with Crippen LogP contribution in [-0.4, -0.2) is 58.4 Å². The number of esters is 1. The molecule has 0 aromatic heterocycles. The molecule has 1 aliphatic carbocycles. The highest BCUT2D eigenvalue weighted by Gasteiger charge is 3.03. The molecule has 2 aliphatic rings. The van der Waals surface area contributed by atoms with Crippen molar-refractivity contribution in [3.05, 3.63) is 12.7 Å². The topological polar surface area (TPSA) is 55.8 Å². The highest BCUT2D eigenvalue weighted by Crippen LogP contribution is 2.72. The molecule has 0 aromatic carbocycles. The van der Waals surface area contributed by atoms with Crippen molar-refractivity contribution in [1.29, 1.82) is 0 Å². The molecule has 0 amide bonds. The van der Waals surface area contributed by atoms with E-state index in [0.717, 1.165) is 0 Å². The third-order valence-corrected chi connectivity index (χ3v) is 5.89. The SMILES string of the molecule is C=CC(=O)OC1(C(F)(F)F)C(F)(F)C(O)(C(F)(F)F)OC(C2CCCCC2)(C(F)(F)F)C1(F)F. The Bertz CT molecular complexity index is 812. The maximum Gasteiger partial charge on any atom is 0.449 e. The lowest BCUT2D eigenvalue weighted by molar-refractivity contribution is -0.584. The zero-order valence-corrected chi connectivity index (χ0v) is 16.5. The third kappa shape index (κ3) is 3.32. The predicted octanol–water partition coefficient (Wildman–Crippen LogP) is 5.45. The number of rotatable bonds is 3. The molecular formula is C17H15F13O4. The summed E-state index contributed by atoms with van der Waals surface area (Å²) in [5.74, 6) is -27.3. The molecule has 1 saturated carbocycles. The molecule has 17 heteroatoms. The quantitative estimate of drug-likeness (QED) is 0.300. The van der Waals surface area contributed by atoms with Crippen molar-refractivity contribution < 1.29 is 76.5 Å². The van der Waals surface area contributed by atoms with E-state index >= 15 is 8.78 Å². The van der Waals surface area contributed by atoms with E-state index in [0.29, 0.717) is 0 Å². The average molecular weight is 530 g/mol. The van der Waals surface area contributed by atoms with Crippen molar-refractivity contribution in [2.24, 2.45) is 5.92 Å². The molecule has 1 N–H and O–H groups in total. The first-order chi connectivity index (χ1) is 15.0. The molecule has 1 heterocycles. The zero-order valence-electron chi connectivity index (χ0n) is 16.5. The number of carbonyl (C=O) groups is 1. The number of alkyl halides is 13. The summed E-state index contributed by atoms with van der Waals surface area (Å²) in [7, 11) is 0. The lowest BCUT2D eigenvalue weighted by Gasteiger charge is -2.62. The second-order valence-electron chi connectivity index (χ2n) is 7.77. The third-order valence-electron chi connectivity index (χ3n) is 5.89. The fourth-order valence-corrected chi connectivity index (χ4v) is 4.35. The van der Waals surface area contributed by atoms with Gasteiger partial charge in [0.25, 0.3) is 0 Å². The Labute approximate surface area is 181 Å². The lowest BCUT2D eigenvalue weighted by atomic mass is 9.63. The van der Waals surface area contributed by atoms with Gasteiger partial charge in [-0.15, -0.1) is 0 Å². The maximum absolute atomic E-state index is 15.5. The van der Waals surface area contributed by atoms with Gasteiger partial charge in [-0.05, 0) is 12.8 Å². The Morgan fingerprint density at radius 2 is 1.32 bits per heavy atom. The molecule has 3 unspecified atom stereocenters. The van der Waals surface area contributed by atoms with E-state index in [4.69, 9.17) is 0 Å². The van der Waals surface area contributed by atoms with Crippen LogP contribution >= 0.6 is 0 Å². The van der Waals surface area contributed by atoms with Crippen LogP contribution in [0.4, 0.5) is 57.1 Å². The van der Waals surface area contributed by atoms with E-state index in [9.17, 15) is 58.2 Å². The van der Waals surface area contributed by atoms with Crippen LogP contribution in [0.2, 0.25) is 0 Å². The van der Waals surface area contributed by atoms with Gasteiger partial charge in [-0.1, -0.05) is 25.8 Å². The lowest BCUT2D eigenvalue weighted by Crippen LogP contribution is -2.92. The van der Waals surface area contributed by atoms with Crippen LogP contribution in [0.15, 0.2) is 12.7 Å². The number of ether oxygens (including phenoxy) is 2. The summed E-state index contributed by atoms with van der Waals surface area (Å²) in [6, 6.07) is 0. The molecular weight excluding hydrogens is 515 g/mol. The van der Waals surface area contributed by atoms with E-state index in [1.165, 1.54) is 0 Å². The van der Waals surface area contributed by atoms with Gasteiger partial charge in [-0.25, -0.2) is 4.79 Å². The molecule has 2 rings (SSSR count). The Morgan fingerprint density at radius 3 is 1.68 bits per heavy atom. The van der Waals surface area contributed by atoms with E-state index in [2.05, 4.69) is 16.1 Å². The molecule has 1 aliphatic heterocycles. The van der Waals surface area contributed by atoms with Crippen LogP contribution in [0.25, 0.3) is 0 Å². The van der Waals surface area contributed by atoms with Crippen molar-refractivity contribution >= 4 is 5.97 Å². The number of aliphatic hydroxyl groups is 1. The van der Waals surface area contributed by atoms with E-state index in [1.807, 2.05) is 0 Å². The molecule has 0 bridgehead atoms. The summed E-state index contributed by atoms with van der Waals surface area (Å²) in [5, 5.41) is 9.63. The summed E-state index contributed by atoms with van der Waals surface area (Å²) >= 11 is 0. The van der Waals surface area contributed by atoms with Crippen molar-refractivity contribution in [3.8, 4) is 0 Å². The first kappa shape index (κ1) is 28.5. The molecule has 4 nitrogen and oxygen atoms in total. The molecule has 34 heavy (non-hydrogen) atoms. The Balaban J connectivity index is 3.17. The molecule has 0 radical (unpaired) electrons. The largest absolute Gasteiger partial charge is 0.449 e. The Kier molecular flexibility index (Phi) is 6.58. The van der Waals surface area contributed by atoms with Gasteiger partial charge in [0, 0.05) is 12.0 Å². The Morgan fingerprint density at radius 1 is 0.853 bits per heavy atom. The van der Waals surface area contributed by atoms with E-state index in [1.54, 1.807) is 0 Å². The van der Waals surface area contributed by atoms with Gasteiger partial charge in [0.2, 0.25) is 5.60 Å². The minimum Gasteiger partial charge on any atom is -0.433 e. The highest BCUT2D eigenvalue weighted by molar-refractivity contribution is 5.82. The average Bonchev–Trinajstić information content (AvgIpc) is 2.65. The summed E-state index contributed by atoms with van der Waals surface area (Å²) < 4.78 is 192. The van der Waals surface area contributed by atoms with E-state index < -0.39 is 91.0 Å². The monoisotopic (exact) mass is 530 g/mol. The van der Waals surface area contributed by atoms with Crippen molar-refractivity contribution in [3.63, 3.8) is 0 Å². The van der Waals surface area contributed by atoms with Crippen molar-refractivity contribution in [1.82, 2.24) is 0 Å². The number of halogens is 13. The summed E-state index contributed by atoms with van der Waals surface area (Å²) in [6.07, 6.45) is -25.3. The van der Waals surface area contributed by atoms with Gasteiger partial charge in [-0.3, -0.25) is 0 Å². The maximum atomic E-state index is 15.5. The predicted molar refractivity (Wildman–Crippen MR) is 82.4 cm³/mol. The number of carbonyl (C=O) groups excluding carboxylic acids is 1. The van der Waals surface area contributed by atoms with Gasteiger partial charge in [0.15, 0.2) is 0 Å². The summed E-state index contributed by atoms with van der Waals surface area (Å²) in [5.41, 5.74) is -13.2. The molecule has 198 valence electrons. The van der Waals surface area contributed by atoms with Crippen LogP contribution in [0.3, 0.4) is 0 Å². The van der Waals surface area contributed by atoms with Crippen LogP contribution in [0.1, 0.15) is 32.1 Å². The minimum absolute atomic E-state index is 0.0194. The van der Waals surface area contributed by atoms with Crippen LogP contribution in [-0.2, 0) is 14.3 Å². The molecule has 1 saturated heterocycles. The number of hydrogen-bond donors (Lipinski definition) is 1. The fraction of sp³-hybridized carbons (Fsp3) is 0.824. The van der Waals surface area contributed by atoms with Crippen molar-refractivity contribution in [2.75, 3.05) is 0 Å². The summed E-state index contributed by atoms with van der Waals surface area (Å²) in [4.78, 5) is 11.4. The molecule has 2 fully saturated rings. The normalized spacial score (nSPS) is 35.0. The van der Waals surface area contributed by atoms with E-state index in [-0.39, 0.29) is 6.42 Å². The van der Waals surface area contributed by atoms with Gasteiger partial charge >= 0.3 is 47.7 Å². The first-order valence-electron chi connectivity index (χ1n) is 9.25. The Hall–Kier alpha value is -1.78. The van der Waals surface area contributed by atoms with Crippen molar-refractivity contribution in [2.45, 2.75) is 79.5 Å². The van der Waals surface area contributed by atoms with Crippen LogP contribution in [0.5, 0.6) is 0 Å². The van der Waals surface area contributed by atoms with Crippen LogP contribution < -0.4 is 0 Å². The first-order valence-corrected chi connectivity index (χ1v) is 9.25. The smallest absolute Gasteiger partial charge is 0.433 e. The van der Waals surface area contributed by atoms with Gasteiger partial charge in [0.05, 0.1) is 0 Å². The minimum atomic E-state index is -7.52. The zero-order chi connectivity index (χ0) is 26.8. The number of hydrogen-bond acceptors (Lipinski definition) is 4. The van der Waals surface area contributed by atoms with Gasteiger partial charge < -0.3 is 14.6 Å². The second-order valence-corrected chi connectivity index (χ2v) is 7.77. The highest BCUT2D eigenvalue weighted by atomic mass is 19.4. The van der Waals surface area contributed by atoms with Gasteiger partial charge in [-0.2, -0.15) is 57.1 Å². The standard InChI is InChI=1S/C17H15F13O4/c1-2-9(31)33-11(16(25,26)27)12(18,19)10(15(22,23)24,8-6-4-3-5-7-8)34-14(32,13(11,20)21)17(28,29)30/h2,8,32H,1,3-7H2. The van der Waals surface area contributed by atoms with Crippen LogP contribution in [0, 0.1) is 5.92 Å². The second kappa shape index (κ2) is 7.86. The molecule has 0 aromatic rings. The molecule has 3 atom stereocenters.